The van der Waals surface area contributed by atoms with Gasteiger partial charge in [0.2, 0.25) is 0 Å². The number of hydrogen-bond donors (Lipinski definition) is 1. The Morgan fingerprint density at radius 1 is 1.18 bits per heavy atom. The zero-order valence-electron chi connectivity index (χ0n) is 10.7. The highest BCUT2D eigenvalue weighted by Gasteiger charge is 2.05. The monoisotopic (exact) mass is 251 g/mol. The highest BCUT2D eigenvalue weighted by Crippen LogP contribution is 2.22. The standard InChI is InChI=1S/C11H12ClN3.C2H6/c1-13-11-7-10(14-15(11)2)8-3-5-9(12)6-4-8;1-2/h3-7,13H,1-2H3;1-2H3. The average Bonchev–Trinajstić information content (AvgIpc) is 2.74. The number of anilines is 1. The minimum atomic E-state index is 0.739. The van der Waals surface area contributed by atoms with Gasteiger partial charge >= 0.3 is 0 Å². The van der Waals surface area contributed by atoms with Gasteiger partial charge in [-0.05, 0) is 12.1 Å². The maximum absolute atomic E-state index is 5.82. The number of halogens is 1. The molecule has 1 N–H and O–H groups in total. The number of nitrogens with one attached hydrogen (secondary N) is 1. The van der Waals surface area contributed by atoms with Crippen LogP contribution in [-0.2, 0) is 7.05 Å². The Kier molecular flexibility index (Phi) is 5.04. The molecule has 0 amide bonds. The van der Waals surface area contributed by atoms with E-state index in [0.29, 0.717) is 0 Å². The summed E-state index contributed by atoms with van der Waals surface area (Å²) in [6.07, 6.45) is 0. The number of aryl methyl sites for hydroxylation is 1. The van der Waals surface area contributed by atoms with Crippen molar-refractivity contribution in [2.24, 2.45) is 7.05 Å². The lowest BCUT2D eigenvalue weighted by Crippen LogP contribution is -1.97. The fourth-order valence-electron chi connectivity index (χ4n) is 1.46. The molecule has 2 rings (SSSR count). The third-order valence-electron chi connectivity index (χ3n) is 2.28. The van der Waals surface area contributed by atoms with E-state index in [-0.39, 0.29) is 0 Å². The molecule has 3 nitrogen and oxygen atoms in total. The SMILES string of the molecule is CC.CNc1cc(-c2ccc(Cl)cc2)nn1C. The molecule has 0 aliphatic rings. The summed E-state index contributed by atoms with van der Waals surface area (Å²) < 4.78 is 1.81. The maximum atomic E-state index is 5.82. The van der Waals surface area contributed by atoms with Crippen molar-refractivity contribution in [1.82, 2.24) is 9.78 Å². The van der Waals surface area contributed by atoms with E-state index in [9.17, 15) is 0 Å². The highest BCUT2D eigenvalue weighted by atomic mass is 35.5. The zero-order valence-corrected chi connectivity index (χ0v) is 11.4. The molecular weight excluding hydrogens is 234 g/mol. The summed E-state index contributed by atoms with van der Waals surface area (Å²) in [5, 5.41) is 8.20. The first-order valence-electron chi connectivity index (χ1n) is 5.68. The van der Waals surface area contributed by atoms with Crippen LogP contribution in [0.3, 0.4) is 0 Å². The third-order valence-corrected chi connectivity index (χ3v) is 2.53. The summed E-state index contributed by atoms with van der Waals surface area (Å²) >= 11 is 5.82. The minimum absolute atomic E-state index is 0.739. The Hall–Kier alpha value is -1.48. The molecule has 4 heteroatoms. The van der Waals surface area contributed by atoms with Gasteiger partial charge in [0.1, 0.15) is 5.82 Å². The van der Waals surface area contributed by atoms with Crippen molar-refractivity contribution >= 4 is 17.4 Å². The van der Waals surface area contributed by atoms with Crippen molar-refractivity contribution < 1.29 is 0 Å². The molecule has 0 unspecified atom stereocenters. The Balaban J connectivity index is 0.000000686. The molecule has 0 spiro atoms. The molecule has 1 aromatic heterocycles. The summed E-state index contributed by atoms with van der Waals surface area (Å²) in [5.74, 6) is 0.986. The summed E-state index contributed by atoms with van der Waals surface area (Å²) in [4.78, 5) is 0. The molecule has 0 atom stereocenters. The molecule has 1 aromatic carbocycles. The van der Waals surface area contributed by atoms with Gasteiger partial charge in [-0.1, -0.05) is 37.6 Å². The molecule has 0 aliphatic heterocycles. The van der Waals surface area contributed by atoms with Gasteiger partial charge in [0.25, 0.3) is 0 Å². The third kappa shape index (κ3) is 3.24. The van der Waals surface area contributed by atoms with E-state index in [2.05, 4.69) is 10.4 Å². The second kappa shape index (κ2) is 6.30. The maximum Gasteiger partial charge on any atom is 0.124 e. The smallest absolute Gasteiger partial charge is 0.124 e. The molecular formula is C13H18ClN3. The quantitative estimate of drug-likeness (QED) is 0.880. The fraction of sp³-hybridized carbons (Fsp3) is 0.308. The van der Waals surface area contributed by atoms with Crippen LogP contribution in [0.1, 0.15) is 13.8 Å². The molecule has 0 fully saturated rings. The lowest BCUT2D eigenvalue weighted by molar-refractivity contribution is 0.778. The minimum Gasteiger partial charge on any atom is -0.373 e. The second-order valence-corrected chi connectivity index (χ2v) is 3.73. The van der Waals surface area contributed by atoms with Crippen LogP contribution in [0.2, 0.25) is 5.02 Å². The highest BCUT2D eigenvalue weighted by molar-refractivity contribution is 6.30. The Morgan fingerprint density at radius 3 is 2.24 bits per heavy atom. The predicted molar refractivity (Wildman–Crippen MR) is 74.5 cm³/mol. The van der Waals surface area contributed by atoms with Crippen molar-refractivity contribution in [3.8, 4) is 11.3 Å². The molecule has 0 aliphatic carbocycles. The number of aromatic nitrogens is 2. The first-order valence-corrected chi connectivity index (χ1v) is 6.06. The van der Waals surface area contributed by atoms with Gasteiger partial charge < -0.3 is 5.32 Å². The first-order chi connectivity index (χ1) is 8.20. The summed E-state index contributed by atoms with van der Waals surface area (Å²) in [6.45, 7) is 4.00. The van der Waals surface area contributed by atoms with Gasteiger partial charge in [-0.2, -0.15) is 5.10 Å². The Morgan fingerprint density at radius 2 is 1.76 bits per heavy atom. The van der Waals surface area contributed by atoms with Crippen LogP contribution in [0.4, 0.5) is 5.82 Å². The second-order valence-electron chi connectivity index (χ2n) is 3.30. The van der Waals surface area contributed by atoms with Crippen LogP contribution in [0.5, 0.6) is 0 Å². The van der Waals surface area contributed by atoms with E-state index in [0.717, 1.165) is 22.1 Å². The number of benzene rings is 1. The lowest BCUT2D eigenvalue weighted by atomic mass is 10.1. The van der Waals surface area contributed by atoms with Gasteiger partial charge in [-0.15, -0.1) is 0 Å². The van der Waals surface area contributed by atoms with Crippen molar-refractivity contribution in [2.45, 2.75) is 13.8 Å². The van der Waals surface area contributed by atoms with Crippen LogP contribution in [0.25, 0.3) is 11.3 Å². The van der Waals surface area contributed by atoms with Crippen molar-refractivity contribution in [3.05, 3.63) is 35.4 Å². The molecule has 2 aromatic rings. The average molecular weight is 252 g/mol. The topological polar surface area (TPSA) is 29.9 Å². The molecule has 92 valence electrons. The van der Waals surface area contributed by atoms with Gasteiger partial charge in [0.05, 0.1) is 5.69 Å². The van der Waals surface area contributed by atoms with E-state index in [4.69, 9.17) is 11.6 Å². The largest absolute Gasteiger partial charge is 0.373 e. The molecule has 0 saturated heterocycles. The van der Waals surface area contributed by atoms with E-state index >= 15 is 0 Å². The first kappa shape index (κ1) is 13.6. The normalized spacial score (nSPS) is 9.47. The van der Waals surface area contributed by atoms with Gasteiger partial charge in [0.15, 0.2) is 0 Å². The van der Waals surface area contributed by atoms with Crippen LogP contribution < -0.4 is 5.32 Å². The van der Waals surface area contributed by atoms with E-state index < -0.39 is 0 Å². The lowest BCUT2D eigenvalue weighted by Gasteiger charge is -1.96. The molecule has 17 heavy (non-hydrogen) atoms. The summed E-state index contributed by atoms with van der Waals surface area (Å²) in [5.41, 5.74) is 2.01. The predicted octanol–water partition coefficient (Wildman–Crippen LogP) is 3.81. The van der Waals surface area contributed by atoms with Crippen molar-refractivity contribution in [2.75, 3.05) is 12.4 Å². The van der Waals surface area contributed by atoms with Crippen molar-refractivity contribution in [3.63, 3.8) is 0 Å². The Bertz CT molecular complexity index is 460. The Labute approximate surface area is 107 Å². The van der Waals surface area contributed by atoms with Gasteiger partial charge in [0, 0.05) is 30.7 Å². The molecule has 0 saturated carbocycles. The van der Waals surface area contributed by atoms with Crippen LogP contribution in [0.15, 0.2) is 30.3 Å². The number of hydrogen-bond acceptors (Lipinski definition) is 2. The fourth-order valence-corrected chi connectivity index (χ4v) is 1.59. The summed E-state index contributed by atoms with van der Waals surface area (Å²) in [7, 11) is 3.79. The molecule has 1 heterocycles. The van der Waals surface area contributed by atoms with Crippen LogP contribution >= 0.6 is 11.6 Å². The molecule has 0 bridgehead atoms. The number of rotatable bonds is 2. The van der Waals surface area contributed by atoms with E-state index in [1.54, 1.807) is 0 Å². The van der Waals surface area contributed by atoms with Gasteiger partial charge in [-0.25, -0.2) is 0 Å². The zero-order chi connectivity index (χ0) is 12.8. The number of nitrogens with zero attached hydrogens (tertiary/aromatic N) is 2. The van der Waals surface area contributed by atoms with Gasteiger partial charge in [-0.3, -0.25) is 4.68 Å². The van der Waals surface area contributed by atoms with E-state index in [1.165, 1.54) is 0 Å². The van der Waals surface area contributed by atoms with Crippen molar-refractivity contribution in [1.29, 1.82) is 0 Å². The molecule has 0 radical (unpaired) electrons. The van der Waals surface area contributed by atoms with E-state index in [1.807, 2.05) is 63.0 Å². The van der Waals surface area contributed by atoms with Crippen LogP contribution in [-0.4, -0.2) is 16.8 Å². The summed E-state index contributed by atoms with van der Waals surface area (Å²) in [6, 6.07) is 9.66. The van der Waals surface area contributed by atoms with Crippen LogP contribution in [0, 0.1) is 0 Å².